The van der Waals surface area contributed by atoms with Gasteiger partial charge in [-0.1, -0.05) is 41.4 Å². The lowest BCUT2D eigenvalue weighted by molar-refractivity contribution is 0.102. The van der Waals surface area contributed by atoms with Gasteiger partial charge in [-0.3, -0.25) is 4.79 Å². The van der Waals surface area contributed by atoms with Crippen molar-refractivity contribution in [3.63, 3.8) is 0 Å². The number of hydrogen-bond donors (Lipinski definition) is 2. The van der Waals surface area contributed by atoms with Crippen LogP contribution in [0.2, 0.25) is 10.0 Å². The third-order valence-corrected chi connectivity index (χ3v) is 4.33. The molecule has 0 saturated carbocycles. The standard InChI is InChI=1S/C19H16Cl2N4O/c1-11-7-12(2)17(15(21)8-11)25-18(26)13-9-22-19(23-10-13)24-16-6-4-3-5-14(16)20/h3-10H,1-2H3,(H,25,26)(H,22,23,24). The number of amides is 1. The Morgan fingerprint density at radius 1 is 1.00 bits per heavy atom. The lowest BCUT2D eigenvalue weighted by Gasteiger charge is -2.12. The number of rotatable bonds is 4. The van der Waals surface area contributed by atoms with Gasteiger partial charge < -0.3 is 10.6 Å². The van der Waals surface area contributed by atoms with E-state index in [1.54, 1.807) is 12.1 Å². The molecule has 0 aliphatic carbocycles. The summed E-state index contributed by atoms with van der Waals surface area (Å²) in [5, 5.41) is 6.87. The van der Waals surface area contributed by atoms with Crippen LogP contribution in [0.5, 0.6) is 0 Å². The Morgan fingerprint density at radius 2 is 1.69 bits per heavy atom. The average molecular weight is 387 g/mol. The molecule has 2 N–H and O–H groups in total. The highest BCUT2D eigenvalue weighted by Crippen LogP contribution is 2.28. The van der Waals surface area contributed by atoms with Crippen LogP contribution in [0.1, 0.15) is 21.5 Å². The molecule has 1 heterocycles. The first-order valence-corrected chi connectivity index (χ1v) is 8.61. The number of nitrogens with one attached hydrogen (secondary N) is 2. The van der Waals surface area contributed by atoms with Gasteiger partial charge in [0.1, 0.15) is 0 Å². The minimum Gasteiger partial charge on any atom is -0.323 e. The van der Waals surface area contributed by atoms with E-state index in [-0.39, 0.29) is 5.91 Å². The van der Waals surface area contributed by atoms with Gasteiger partial charge in [0, 0.05) is 12.4 Å². The van der Waals surface area contributed by atoms with Crippen molar-refractivity contribution in [2.75, 3.05) is 10.6 Å². The molecule has 26 heavy (non-hydrogen) atoms. The highest BCUT2D eigenvalue weighted by atomic mass is 35.5. The van der Waals surface area contributed by atoms with Crippen LogP contribution >= 0.6 is 23.2 Å². The number of benzene rings is 2. The Hall–Kier alpha value is -2.63. The molecule has 1 amide bonds. The lowest BCUT2D eigenvalue weighted by Crippen LogP contribution is -2.14. The maximum Gasteiger partial charge on any atom is 0.258 e. The summed E-state index contributed by atoms with van der Waals surface area (Å²) in [5.74, 6) is 0.0161. The number of nitrogens with zero attached hydrogens (tertiary/aromatic N) is 2. The molecule has 0 spiro atoms. The second-order valence-electron chi connectivity index (χ2n) is 5.79. The van der Waals surface area contributed by atoms with E-state index in [9.17, 15) is 4.79 Å². The smallest absolute Gasteiger partial charge is 0.258 e. The van der Waals surface area contributed by atoms with Gasteiger partial charge in [-0.05, 0) is 43.2 Å². The van der Waals surface area contributed by atoms with E-state index >= 15 is 0 Å². The number of carbonyl (C=O) groups is 1. The van der Waals surface area contributed by atoms with Crippen molar-refractivity contribution in [1.29, 1.82) is 0 Å². The summed E-state index contributed by atoms with van der Waals surface area (Å²) in [6.45, 7) is 3.84. The van der Waals surface area contributed by atoms with Crippen molar-refractivity contribution in [3.05, 3.63) is 75.5 Å². The van der Waals surface area contributed by atoms with Crippen molar-refractivity contribution in [1.82, 2.24) is 9.97 Å². The topological polar surface area (TPSA) is 66.9 Å². The first-order valence-electron chi connectivity index (χ1n) is 7.86. The Labute approximate surface area is 161 Å². The van der Waals surface area contributed by atoms with Crippen molar-refractivity contribution in [3.8, 4) is 0 Å². The van der Waals surface area contributed by atoms with Crippen LogP contribution in [0.15, 0.2) is 48.8 Å². The van der Waals surface area contributed by atoms with Crippen LogP contribution < -0.4 is 10.6 Å². The molecule has 5 nitrogen and oxygen atoms in total. The third-order valence-electron chi connectivity index (χ3n) is 3.70. The summed E-state index contributed by atoms with van der Waals surface area (Å²) >= 11 is 12.3. The third kappa shape index (κ3) is 4.12. The highest BCUT2D eigenvalue weighted by Gasteiger charge is 2.12. The average Bonchev–Trinajstić information content (AvgIpc) is 2.60. The molecule has 3 rings (SSSR count). The molecule has 0 aliphatic rings. The highest BCUT2D eigenvalue weighted by molar-refractivity contribution is 6.34. The van der Waals surface area contributed by atoms with Crippen molar-refractivity contribution in [2.45, 2.75) is 13.8 Å². The van der Waals surface area contributed by atoms with E-state index in [2.05, 4.69) is 20.6 Å². The van der Waals surface area contributed by atoms with Gasteiger partial charge in [-0.2, -0.15) is 0 Å². The molecule has 0 radical (unpaired) electrons. The fourth-order valence-corrected chi connectivity index (χ4v) is 3.00. The van der Waals surface area contributed by atoms with Crippen molar-refractivity contribution in [2.24, 2.45) is 0 Å². The predicted molar refractivity (Wildman–Crippen MR) is 106 cm³/mol. The van der Waals surface area contributed by atoms with Crippen molar-refractivity contribution >= 4 is 46.4 Å². The van der Waals surface area contributed by atoms with E-state index < -0.39 is 0 Å². The fourth-order valence-electron chi connectivity index (χ4n) is 2.45. The molecule has 0 saturated heterocycles. The Morgan fingerprint density at radius 3 is 2.35 bits per heavy atom. The van der Waals surface area contributed by atoms with Gasteiger partial charge in [-0.15, -0.1) is 0 Å². The largest absolute Gasteiger partial charge is 0.323 e. The molecule has 1 aromatic heterocycles. The molecule has 0 bridgehead atoms. The number of para-hydroxylation sites is 1. The van der Waals surface area contributed by atoms with Crippen LogP contribution in [-0.2, 0) is 0 Å². The monoisotopic (exact) mass is 386 g/mol. The van der Waals surface area contributed by atoms with Gasteiger partial charge in [0.05, 0.1) is 27.0 Å². The zero-order chi connectivity index (χ0) is 18.7. The summed E-state index contributed by atoms with van der Waals surface area (Å²) < 4.78 is 0. The van der Waals surface area contributed by atoms with Gasteiger partial charge in [-0.25, -0.2) is 9.97 Å². The summed E-state index contributed by atoms with van der Waals surface area (Å²) in [6, 6.07) is 11.0. The SMILES string of the molecule is Cc1cc(C)c(NC(=O)c2cnc(Nc3ccccc3Cl)nc2)c(Cl)c1. The predicted octanol–water partition coefficient (Wildman–Crippen LogP) is 5.40. The number of carbonyl (C=O) groups excluding carboxylic acids is 1. The molecule has 0 fully saturated rings. The normalized spacial score (nSPS) is 10.5. The molecule has 3 aromatic rings. The minimum atomic E-state index is -0.330. The molecule has 0 aliphatic heterocycles. The quantitative estimate of drug-likeness (QED) is 0.629. The Bertz CT molecular complexity index is 935. The summed E-state index contributed by atoms with van der Waals surface area (Å²) in [7, 11) is 0. The summed E-state index contributed by atoms with van der Waals surface area (Å²) in [6.07, 6.45) is 2.89. The second-order valence-corrected chi connectivity index (χ2v) is 6.61. The van der Waals surface area contributed by atoms with E-state index in [1.165, 1.54) is 12.4 Å². The number of aromatic nitrogens is 2. The molecule has 132 valence electrons. The van der Waals surface area contributed by atoms with Crippen LogP contribution in [0.25, 0.3) is 0 Å². The van der Waals surface area contributed by atoms with E-state index in [1.807, 2.05) is 38.1 Å². The van der Waals surface area contributed by atoms with Crippen LogP contribution in [0.3, 0.4) is 0 Å². The fraction of sp³-hybridized carbons (Fsp3) is 0.105. The molecule has 0 unspecified atom stereocenters. The molecule has 0 atom stereocenters. The molecule has 2 aromatic carbocycles. The number of anilines is 3. The Kier molecular flexibility index (Phi) is 5.40. The van der Waals surface area contributed by atoms with Gasteiger partial charge in [0.15, 0.2) is 0 Å². The van der Waals surface area contributed by atoms with E-state index in [0.717, 1.165) is 11.1 Å². The zero-order valence-electron chi connectivity index (χ0n) is 14.2. The van der Waals surface area contributed by atoms with Crippen LogP contribution in [0, 0.1) is 13.8 Å². The van der Waals surface area contributed by atoms with E-state index in [0.29, 0.717) is 32.9 Å². The summed E-state index contributed by atoms with van der Waals surface area (Å²) in [5.41, 5.74) is 3.52. The number of hydrogen-bond acceptors (Lipinski definition) is 4. The van der Waals surface area contributed by atoms with E-state index in [4.69, 9.17) is 23.2 Å². The Balaban J connectivity index is 1.74. The first-order chi connectivity index (χ1) is 12.4. The molecular weight excluding hydrogens is 371 g/mol. The summed E-state index contributed by atoms with van der Waals surface area (Å²) in [4.78, 5) is 20.8. The molecular formula is C19H16Cl2N4O. The number of halogens is 2. The molecule has 7 heteroatoms. The maximum absolute atomic E-state index is 12.4. The van der Waals surface area contributed by atoms with Gasteiger partial charge in [0.25, 0.3) is 5.91 Å². The van der Waals surface area contributed by atoms with Crippen LogP contribution in [0.4, 0.5) is 17.3 Å². The van der Waals surface area contributed by atoms with Crippen molar-refractivity contribution < 1.29 is 4.79 Å². The minimum absolute atomic E-state index is 0.325. The second kappa shape index (κ2) is 7.72. The van der Waals surface area contributed by atoms with Crippen LogP contribution in [-0.4, -0.2) is 15.9 Å². The lowest BCUT2D eigenvalue weighted by atomic mass is 10.1. The van der Waals surface area contributed by atoms with Gasteiger partial charge in [0.2, 0.25) is 5.95 Å². The number of aryl methyl sites for hydroxylation is 2. The maximum atomic E-state index is 12.4. The zero-order valence-corrected chi connectivity index (χ0v) is 15.7. The van der Waals surface area contributed by atoms with Gasteiger partial charge >= 0.3 is 0 Å². The first kappa shape index (κ1) is 18.2.